The van der Waals surface area contributed by atoms with Crippen molar-refractivity contribution in [3.8, 4) is 0 Å². The third-order valence-corrected chi connectivity index (χ3v) is 4.80. The number of hydrogen-bond acceptors (Lipinski definition) is 4. The number of benzene rings is 1. The lowest BCUT2D eigenvalue weighted by molar-refractivity contribution is -0.137. The summed E-state index contributed by atoms with van der Waals surface area (Å²) in [6.07, 6.45) is 1.54. The highest BCUT2D eigenvalue weighted by atomic mass is 32.1. The predicted octanol–water partition coefficient (Wildman–Crippen LogP) is 4.18. The molecule has 0 aliphatic rings. The molecule has 124 valence electrons. The van der Waals surface area contributed by atoms with Crippen LogP contribution in [0.3, 0.4) is 0 Å². The number of aromatic nitrogens is 1. The highest BCUT2D eigenvalue weighted by molar-refractivity contribution is 7.18. The number of unbranched alkanes of at least 4 members (excludes halogenated alkanes) is 1. The van der Waals surface area contributed by atoms with Gasteiger partial charge in [0.25, 0.3) is 0 Å². The first-order valence-electron chi connectivity index (χ1n) is 7.68. The van der Waals surface area contributed by atoms with E-state index in [1.54, 1.807) is 11.3 Å². The Labute approximate surface area is 139 Å². The summed E-state index contributed by atoms with van der Waals surface area (Å²) < 4.78 is 1.05. The Kier molecular flexibility index (Phi) is 5.36. The lowest BCUT2D eigenvalue weighted by atomic mass is 9.98. The van der Waals surface area contributed by atoms with Gasteiger partial charge >= 0.3 is 5.97 Å². The second-order valence-corrected chi connectivity index (χ2v) is 7.63. The van der Waals surface area contributed by atoms with Crippen LogP contribution in [-0.4, -0.2) is 22.0 Å². The van der Waals surface area contributed by atoms with Crippen LogP contribution in [0.2, 0.25) is 0 Å². The molecule has 0 bridgehead atoms. The van der Waals surface area contributed by atoms with E-state index >= 15 is 0 Å². The molecule has 0 aliphatic heterocycles. The Morgan fingerprint density at radius 3 is 2.57 bits per heavy atom. The maximum Gasteiger partial charge on any atom is 0.303 e. The number of anilines is 1. The van der Waals surface area contributed by atoms with E-state index in [1.807, 2.05) is 18.2 Å². The number of carbonyl (C=O) groups is 2. The van der Waals surface area contributed by atoms with Crippen LogP contribution in [0.15, 0.2) is 18.2 Å². The Bertz CT molecular complexity index is 716. The number of thiazole rings is 1. The standard InChI is InChI=1S/C17H22N2O3S/c1-17(2,3)16-19-12-9-8-11(10-13(12)23-16)18-14(20)6-4-5-7-15(21)22/h8-10H,4-7H2,1-3H3,(H,18,20)(H,21,22). The smallest absolute Gasteiger partial charge is 0.303 e. The van der Waals surface area contributed by atoms with Crippen LogP contribution in [0.5, 0.6) is 0 Å². The molecule has 2 aromatic rings. The first-order valence-corrected chi connectivity index (χ1v) is 8.50. The van der Waals surface area contributed by atoms with Gasteiger partial charge in [0.15, 0.2) is 0 Å². The highest BCUT2D eigenvalue weighted by Crippen LogP contribution is 2.32. The average molecular weight is 334 g/mol. The van der Waals surface area contributed by atoms with E-state index in [-0.39, 0.29) is 17.7 Å². The molecule has 5 nitrogen and oxygen atoms in total. The van der Waals surface area contributed by atoms with Crippen molar-refractivity contribution >= 4 is 39.1 Å². The van der Waals surface area contributed by atoms with Gasteiger partial charge in [-0.15, -0.1) is 11.3 Å². The van der Waals surface area contributed by atoms with E-state index in [4.69, 9.17) is 5.11 Å². The third-order valence-electron chi connectivity index (χ3n) is 3.36. The zero-order chi connectivity index (χ0) is 17.0. The van der Waals surface area contributed by atoms with Crippen LogP contribution in [-0.2, 0) is 15.0 Å². The number of aliphatic carboxylic acids is 1. The normalized spacial score (nSPS) is 11.6. The Morgan fingerprint density at radius 1 is 1.22 bits per heavy atom. The summed E-state index contributed by atoms with van der Waals surface area (Å²) in [6, 6.07) is 5.71. The summed E-state index contributed by atoms with van der Waals surface area (Å²) >= 11 is 1.64. The zero-order valence-electron chi connectivity index (χ0n) is 13.7. The number of amides is 1. The van der Waals surface area contributed by atoms with E-state index in [1.165, 1.54) is 0 Å². The second-order valence-electron chi connectivity index (χ2n) is 6.60. The van der Waals surface area contributed by atoms with Crippen LogP contribution in [0.25, 0.3) is 10.2 Å². The molecule has 0 fully saturated rings. The number of nitrogens with one attached hydrogen (secondary N) is 1. The molecule has 2 N–H and O–H groups in total. The topological polar surface area (TPSA) is 79.3 Å². The fraction of sp³-hybridized carbons (Fsp3) is 0.471. The van der Waals surface area contributed by atoms with Crippen LogP contribution in [0.1, 0.15) is 51.5 Å². The summed E-state index contributed by atoms with van der Waals surface area (Å²) in [5.41, 5.74) is 1.71. The SMILES string of the molecule is CC(C)(C)c1nc2ccc(NC(=O)CCCCC(=O)O)cc2s1. The molecule has 23 heavy (non-hydrogen) atoms. The van der Waals surface area contributed by atoms with Crippen LogP contribution >= 0.6 is 11.3 Å². The molecule has 0 radical (unpaired) electrons. The van der Waals surface area contributed by atoms with E-state index in [9.17, 15) is 9.59 Å². The maximum absolute atomic E-state index is 11.9. The Balaban J connectivity index is 1.98. The number of carboxylic acids is 1. The Morgan fingerprint density at radius 2 is 1.91 bits per heavy atom. The molecule has 1 aromatic heterocycles. The van der Waals surface area contributed by atoms with Crippen LogP contribution < -0.4 is 5.32 Å². The predicted molar refractivity (Wildman–Crippen MR) is 93.1 cm³/mol. The molecular weight excluding hydrogens is 312 g/mol. The molecule has 1 aromatic carbocycles. The van der Waals surface area contributed by atoms with Crippen molar-refractivity contribution in [2.45, 2.75) is 51.9 Å². The monoisotopic (exact) mass is 334 g/mol. The maximum atomic E-state index is 11.9. The van der Waals surface area contributed by atoms with Gasteiger partial charge in [-0.25, -0.2) is 4.98 Å². The van der Waals surface area contributed by atoms with E-state index in [0.717, 1.165) is 20.9 Å². The molecule has 0 spiro atoms. The number of nitrogens with zero attached hydrogens (tertiary/aromatic N) is 1. The lowest BCUT2D eigenvalue weighted by Crippen LogP contribution is -2.11. The number of carbonyl (C=O) groups excluding carboxylic acids is 1. The largest absolute Gasteiger partial charge is 0.481 e. The Hall–Kier alpha value is -1.95. The quantitative estimate of drug-likeness (QED) is 0.777. The molecule has 0 atom stereocenters. The van der Waals surface area contributed by atoms with Crippen molar-refractivity contribution < 1.29 is 14.7 Å². The molecule has 2 rings (SSSR count). The van der Waals surface area contributed by atoms with Crippen molar-refractivity contribution in [2.75, 3.05) is 5.32 Å². The zero-order valence-corrected chi connectivity index (χ0v) is 14.5. The van der Waals surface area contributed by atoms with Crippen molar-refractivity contribution in [3.05, 3.63) is 23.2 Å². The van der Waals surface area contributed by atoms with Crippen LogP contribution in [0, 0.1) is 0 Å². The van der Waals surface area contributed by atoms with Crippen molar-refractivity contribution in [1.29, 1.82) is 0 Å². The molecule has 0 saturated heterocycles. The summed E-state index contributed by atoms with van der Waals surface area (Å²) in [5.74, 6) is -0.911. The number of fused-ring (bicyclic) bond motifs is 1. The lowest BCUT2D eigenvalue weighted by Gasteiger charge is -2.13. The van der Waals surface area contributed by atoms with E-state index < -0.39 is 5.97 Å². The molecule has 0 unspecified atom stereocenters. The average Bonchev–Trinajstić information content (AvgIpc) is 2.86. The van der Waals surface area contributed by atoms with Crippen molar-refractivity contribution in [1.82, 2.24) is 4.98 Å². The van der Waals surface area contributed by atoms with Gasteiger partial charge < -0.3 is 10.4 Å². The van der Waals surface area contributed by atoms with Crippen LogP contribution in [0.4, 0.5) is 5.69 Å². The fourth-order valence-corrected chi connectivity index (χ4v) is 3.17. The summed E-state index contributed by atoms with van der Waals surface area (Å²) in [5, 5.41) is 12.5. The van der Waals surface area contributed by atoms with Crippen molar-refractivity contribution in [3.63, 3.8) is 0 Å². The first-order chi connectivity index (χ1) is 10.8. The summed E-state index contributed by atoms with van der Waals surface area (Å²) in [4.78, 5) is 26.9. The minimum absolute atomic E-state index is 0.0111. The third kappa shape index (κ3) is 5.03. The number of carboxylic acid groups (broad SMARTS) is 1. The van der Waals surface area contributed by atoms with E-state index in [2.05, 4.69) is 31.1 Å². The molecular formula is C17H22N2O3S. The second kappa shape index (κ2) is 7.08. The minimum atomic E-state index is -0.823. The van der Waals surface area contributed by atoms with Gasteiger partial charge in [-0.1, -0.05) is 20.8 Å². The molecule has 6 heteroatoms. The van der Waals surface area contributed by atoms with Gasteiger partial charge in [0.05, 0.1) is 15.2 Å². The van der Waals surface area contributed by atoms with Gasteiger partial charge in [0.2, 0.25) is 5.91 Å². The van der Waals surface area contributed by atoms with Crippen molar-refractivity contribution in [2.24, 2.45) is 0 Å². The van der Waals surface area contributed by atoms with Gasteiger partial charge in [-0.3, -0.25) is 9.59 Å². The molecule has 0 saturated carbocycles. The summed E-state index contributed by atoms with van der Waals surface area (Å²) in [7, 11) is 0. The number of hydrogen-bond donors (Lipinski definition) is 2. The summed E-state index contributed by atoms with van der Waals surface area (Å²) in [6.45, 7) is 6.39. The van der Waals surface area contributed by atoms with Gasteiger partial charge in [0.1, 0.15) is 0 Å². The van der Waals surface area contributed by atoms with Gasteiger partial charge in [-0.2, -0.15) is 0 Å². The fourth-order valence-electron chi connectivity index (χ4n) is 2.11. The van der Waals surface area contributed by atoms with Gasteiger partial charge in [0, 0.05) is 23.9 Å². The molecule has 1 heterocycles. The van der Waals surface area contributed by atoms with E-state index in [0.29, 0.717) is 19.3 Å². The molecule has 0 aliphatic carbocycles. The highest BCUT2D eigenvalue weighted by Gasteiger charge is 2.18. The molecule has 1 amide bonds. The number of rotatable bonds is 6. The van der Waals surface area contributed by atoms with Gasteiger partial charge in [-0.05, 0) is 31.0 Å². The first kappa shape index (κ1) is 17.4. The minimum Gasteiger partial charge on any atom is -0.481 e.